The lowest BCUT2D eigenvalue weighted by Crippen LogP contribution is -2.06. The molecule has 0 atom stereocenters. The van der Waals surface area contributed by atoms with E-state index >= 15 is 0 Å². The fourth-order valence-corrected chi connectivity index (χ4v) is 3.16. The number of rotatable bonds is 6. The van der Waals surface area contributed by atoms with Crippen LogP contribution in [0.1, 0.15) is 22.4 Å². The molecule has 0 aromatic carbocycles. The lowest BCUT2D eigenvalue weighted by atomic mass is 10.1. The van der Waals surface area contributed by atoms with Gasteiger partial charge in [0.2, 0.25) is 11.8 Å². The number of aryl methyl sites for hydroxylation is 1. The summed E-state index contributed by atoms with van der Waals surface area (Å²) in [4.78, 5) is 10.9. The van der Waals surface area contributed by atoms with Crippen LogP contribution >= 0.6 is 0 Å². The molecule has 4 rings (SSSR count). The molecule has 144 valence electrons. The molecule has 0 saturated heterocycles. The normalized spacial score (nSPS) is 11.1. The molecule has 0 radical (unpaired) electrons. The predicted molar refractivity (Wildman–Crippen MR) is 100 cm³/mol. The SMILES string of the molecule is COc1ncc(F)cc1CNc1ccc(Cc2c[nH]c3n[nH]c(C)c23)c(F)n1. The topological polar surface area (TPSA) is 91.5 Å². The average Bonchev–Trinajstić information content (AvgIpc) is 3.25. The quantitative estimate of drug-likeness (QED) is 0.443. The highest BCUT2D eigenvalue weighted by atomic mass is 19.1. The van der Waals surface area contributed by atoms with Crippen LogP contribution in [-0.4, -0.2) is 32.3 Å². The van der Waals surface area contributed by atoms with Crippen molar-refractivity contribution in [2.45, 2.75) is 19.9 Å². The number of pyridine rings is 2. The minimum absolute atomic E-state index is 0.201. The molecular weight excluding hydrogens is 366 g/mol. The predicted octanol–water partition coefficient (Wildman–Crippen LogP) is 3.48. The average molecular weight is 384 g/mol. The van der Waals surface area contributed by atoms with E-state index in [9.17, 15) is 8.78 Å². The van der Waals surface area contributed by atoms with Crippen molar-refractivity contribution in [1.29, 1.82) is 0 Å². The van der Waals surface area contributed by atoms with Crippen LogP contribution in [0.25, 0.3) is 11.0 Å². The van der Waals surface area contributed by atoms with Gasteiger partial charge in [-0.15, -0.1) is 0 Å². The molecule has 4 aromatic heterocycles. The minimum Gasteiger partial charge on any atom is -0.481 e. The minimum atomic E-state index is -0.565. The van der Waals surface area contributed by atoms with Crippen molar-refractivity contribution >= 4 is 16.9 Å². The summed E-state index contributed by atoms with van der Waals surface area (Å²) < 4.78 is 33.0. The molecule has 0 amide bonds. The van der Waals surface area contributed by atoms with Crippen LogP contribution in [0, 0.1) is 18.7 Å². The molecule has 0 aliphatic carbocycles. The highest BCUT2D eigenvalue weighted by Crippen LogP contribution is 2.24. The smallest absolute Gasteiger partial charge is 0.218 e. The first-order valence-electron chi connectivity index (χ1n) is 8.63. The van der Waals surface area contributed by atoms with Crippen LogP contribution < -0.4 is 10.1 Å². The maximum atomic E-state index is 14.5. The van der Waals surface area contributed by atoms with Crippen LogP contribution in [0.2, 0.25) is 0 Å². The fourth-order valence-electron chi connectivity index (χ4n) is 3.16. The Morgan fingerprint density at radius 3 is 2.82 bits per heavy atom. The number of hydrogen-bond acceptors (Lipinski definition) is 5. The maximum Gasteiger partial charge on any atom is 0.218 e. The monoisotopic (exact) mass is 384 g/mol. The van der Waals surface area contributed by atoms with Crippen molar-refractivity contribution < 1.29 is 13.5 Å². The van der Waals surface area contributed by atoms with Gasteiger partial charge in [-0.3, -0.25) is 5.10 Å². The van der Waals surface area contributed by atoms with Crippen LogP contribution in [0.3, 0.4) is 0 Å². The van der Waals surface area contributed by atoms with E-state index in [1.165, 1.54) is 13.2 Å². The van der Waals surface area contributed by atoms with Gasteiger partial charge in [0, 0.05) is 41.4 Å². The number of halogens is 2. The molecule has 0 fully saturated rings. The number of aromatic amines is 2. The Bertz CT molecular complexity index is 1140. The van der Waals surface area contributed by atoms with E-state index in [0.717, 1.165) is 28.5 Å². The number of H-pyrrole nitrogens is 2. The summed E-state index contributed by atoms with van der Waals surface area (Å²) >= 11 is 0. The van der Waals surface area contributed by atoms with E-state index in [-0.39, 0.29) is 6.54 Å². The van der Waals surface area contributed by atoms with E-state index in [1.54, 1.807) is 12.1 Å². The molecule has 0 saturated carbocycles. The molecule has 0 aliphatic rings. The lowest BCUT2D eigenvalue weighted by molar-refractivity contribution is 0.391. The Labute approximate surface area is 159 Å². The van der Waals surface area contributed by atoms with Gasteiger partial charge in [0.15, 0.2) is 5.65 Å². The zero-order valence-corrected chi connectivity index (χ0v) is 15.3. The summed E-state index contributed by atoms with van der Waals surface area (Å²) in [5.74, 6) is -0.395. The van der Waals surface area contributed by atoms with Gasteiger partial charge < -0.3 is 15.0 Å². The lowest BCUT2D eigenvalue weighted by Gasteiger charge is -2.10. The van der Waals surface area contributed by atoms with Gasteiger partial charge in [0.25, 0.3) is 0 Å². The van der Waals surface area contributed by atoms with Gasteiger partial charge in [-0.2, -0.15) is 9.49 Å². The highest BCUT2D eigenvalue weighted by molar-refractivity contribution is 5.82. The first kappa shape index (κ1) is 17.9. The number of hydrogen-bond donors (Lipinski definition) is 3. The van der Waals surface area contributed by atoms with Crippen LogP contribution in [-0.2, 0) is 13.0 Å². The second-order valence-corrected chi connectivity index (χ2v) is 6.38. The van der Waals surface area contributed by atoms with Crippen LogP contribution in [0.15, 0.2) is 30.6 Å². The van der Waals surface area contributed by atoms with Crippen molar-refractivity contribution in [2.24, 2.45) is 0 Å². The molecule has 3 N–H and O–H groups in total. The maximum absolute atomic E-state index is 14.5. The van der Waals surface area contributed by atoms with E-state index in [1.807, 2.05) is 13.1 Å². The summed E-state index contributed by atoms with van der Waals surface area (Å²) in [6.45, 7) is 2.12. The second-order valence-electron chi connectivity index (χ2n) is 6.38. The van der Waals surface area contributed by atoms with Gasteiger partial charge >= 0.3 is 0 Å². The third-order valence-corrected chi connectivity index (χ3v) is 4.50. The summed E-state index contributed by atoms with van der Waals surface area (Å²) in [5, 5.41) is 11.0. The molecule has 9 heteroatoms. The third-order valence-electron chi connectivity index (χ3n) is 4.50. The first-order valence-corrected chi connectivity index (χ1v) is 8.63. The van der Waals surface area contributed by atoms with Crippen LogP contribution in [0.4, 0.5) is 14.6 Å². The third kappa shape index (κ3) is 3.38. The summed E-state index contributed by atoms with van der Waals surface area (Å²) in [5.41, 5.74) is 3.60. The van der Waals surface area contributed by atoms with Crippen molar-refractivity contribution in [1.82, 2.24) is 25.1 Å². The highest BCUT2D eigenvalue weighted by Gasteiger charge is 2.13. The van der Waals surface area contributed by atoms with E-state index in [2.05, 4.69) is 30.5 Å². The number of nitrogens with zero attached hydrogens (tertiary/aromatic N) is 3. The number of aromatic nitrogens is 5. The first-order chi connectivity index (χ1) is 13.5. The Morgan fingerprint density at radius 1 is 1.18 bits per heavy atom. The molecular formula is C19H18F2N6O. The number of fused-ring (bicyclic) bond motifs is 1. The van der Waals surface area contributed by atoms with Crippen molar-refractivity contribution in [3.63, 3.8) is 0 Å². The van der Waals surface area contributed by atoms with E-state index in [4.69, 9.17) is 4.74 Å². The molecule has 0 spiro atoms. The molecule has 7 nitrogen and oxygen atoms in total. The fraction of sp³-hybridized carbons (Fsp3) is 0.211. The van der Waals surface area contributed by atoms with Crippen molar-refractivity contribution in [2.75, 3.05) is 12.4 Å². The molecule has 0 bridgehead atoms. The summed E-state index contributed by atoms with van der Waals surface area (Å²) in [7, 11) is 1.45. The van der Waals surface area contributed by atoms with Gasteiger partial charge in [-0.05, 0) is 24.6 Å². The Balaban J connectivity index is 1.50. The Morgan fingerprint density at radius 2 is 2.04 bits per heavy atom. The molecule has 4 aromatic rings. The second kappa shape index (κ2) is 7.26. The molecule has 4 heterocycles. The standard InChI is InChI=1S/C19H18F2N6O/c1-10-16-12(7-23-18(16)27-26-10)5-11-3-4-15(25-17(11)21)22-8-13-6-14(20)9-24-19(13)28-2/h3-4,6-7,9H,5,8H2,1-2H3,(H,22,25)(H2,23,26,27). The van der Waals surface area contributed by atoms with Gasteiger partial charge in [0.05, 0.1) is 13.3 Å². The Kier molecular flexibility index (Phi) is 4.64. The van der Waals surface area contributed by atoms with Gasteiger partial charge in [0.1, 0.15) is 11.6 Å². The van der Waals surface area contributed by atoms with E-state index in [0.29, 0.717) is 29.2 Å². The van der Waals surface area contributed by atoms with E-state index < -0.39 is 11.8 Å². The zero-order valence-electron chi connectivity index (χ0n) is 15.3. The number of anilines is 1. The Hall–Kier alpha value is -3.49. The summed E-state index contributed by atoms with van der Waals surface area (Å²) in [6.07, 6.45) is 3.29. The molecule has 0 unspecified atom stereocenters. The van der Waals surface area contributed by atoms with Crippen molar-refractivity contribution in [3.05, 3.63) is 64.7 Å². The zero-order chi connectivity index (χ0) is 19.7. The van der Waals surface area contributed by atoms with Gasteiger partial charge in [-0.25, -0.2) is 14.4 Å². The number of nitrogens with one attached hydrogen (secondary N) is 3. The molecule has 0 aliphatic heterocycles. The largest absolute Gasteiger partial charge is 0.481 e. The number of methoxy groups -OCH3 is 1. The summed E-state index contributed by atoms with van der Waals surface area (Å²) in [6, 6.07) is 4.68. The number of ether oxygens (including phenoxy) is 1. The van der Waals surface area contributed by atoms with Crippen LogP contribution in [0.5, 0.6) is 5.88 Å². The van der Waals surface area contributed by atoms with Gasteiger partial charge in [-0.1, -0.05) is 6.07 Å². The molecule has 28 heavy (non-hydrogen) atoms. The van der Waals surface area contributed by atoms with Crippen molar-refractivity contribution in [3.8, 4) is 5.88 Å².